The van der Waals surface area contributed by atoms with Crippen molar-refractivity contribution in [3.63, 3.8) is 0 Å². The number of aromatic nitrogens is 3. The second-order valence-corrected chi connectivity index (χ2v) is 7.74. The number of piperidine rings is 1. The Balaban J connectivity index is 1.67. The molecule has 0 aliphatic carbocycles. The molecule has 1 amide bonds. The predicted octanol–water partition coefficient (Wildman–Crippen LogP) is 0.515. The lowest BCUT2D eigenvalue weighted by Crippen LogP contribution is -3.11. The Morgan fingerprint density at radius 1 is 1.35 bits per heavy atom. The van der Waals surface area contributed by atoms with Crippen LogP contribution in [0.3, 0.4) is 0 Å². The fourth-order valence-electron chi connectivity index (χ4n) is 3.96. The van der Waals surface area contributed by atoms with Gasteiger partial charge in [-0.3, -0.25) is 4.79 Å². The Bertz CT molecular complexity index is 561. The van der Waals surface area contributed by atoms with Crippen molar-refractivity contribution in [1.29, 1.82) is 0 Å². The normalized spacial score (nSPS) is 28.3. The van der Waals surface area contributed by atoms with Gasteiger partial charge < -0.3 is 14.4 Å². The summed E-state index contributed by atoms with van der Waals surface area (Å²) in [6.07, 6.45) is 6.67. The molecule has 1 unspecified atom stereocenters. The lowest BCUT2D eigenvalue weighted by Gasteiger charge is -2.32. The van der Waals surface area contributed by atoms with E-state index in [1.807, 2.05) is 13.3 Å². The van der Waals surface area contributed by atoms with E-state index in [1.54, 1.807) is 11.8 Å². The summed E-state index contributed by atoms with van der Waals surface area (Å²) in [7, 11) is 2.03. The van der Waals surface area contributed by atoms with Crippen molar-refractivity contribution in [3.8, 4) is 0 Å². The number of thioether (sulfide) groups is 1. The zero-order valence-corrected chi connectivity index (χ0v) is 15.2. The van der Waals surface area contributed by atoms with Crippen LogP contribution in [0.5, 0.6) is 0 Å². The third-order valence-corrected chi connectivity index (χ3v) is 5.95. The van der Waals surface area contributed by atoms with Gasteiger partial charge in [0.05, 0.1) is 6.54 Å². The van der Waals surface area contributed by atoms with E-state index >= 15 is 0 Å². The molecule has 6 nitrogen and oxygen atoms in total. The van der Waals surface area contributed by atoms with E-state index in [1.165, 1.54) is 11.3 Å². The number of hydrogen-bond acceptors (Lipinski definition) is 4. The number of quaternary nitrogens is 1. The van der Waals surface area contributed by atoms with Gasteiger partial charge in [0.25, 0.3) is 5.91 Å². The van der Waals surface area contributed by atoms with Crippen molar-refractivity contribution in [2.45, 2.75) is 43.8 Å². The topological polar surface area (TPSA) is 55.5 Å². The molecule has 3 atom stereocenters. The highest BCUT2D eigenvalue weighted by molar-refractivity contribution is 7.98. The van der Waals surface area contributed by atoms with Crippen LogP contribution in [0.2, 0.25) is 0 Å². The molecule has 2 saturated heterocycles. The van der Waals surface area contributed by atoms with E-state index in [0.717, 1.165) is 49.9 Å². The van der Waals surface area contributed by atoms with Gasteiger partial charge in [-0.1, -0.05) is 18.7 Å². The average molecular weight is 339 g/mol. The van der Waals surface area contributed by atoms with E-state index in [-0.39, 0.29) is 0 Å². The average Bonchev–Trinajstić information content (AvgIpc) is 3.13. The summed E-state index contributed by atoms with van der Waals surface area (Å²) in [6.45, 7) is 5.76. The Labute approximate surface area is 142 Å². The fraction of sp³-hybridized carbons (Fsp3) is 0.812. The third kappa shape index (κ3) is 3.55. The van der Waals surface area contributed by atoms with Gasteiger partial charge in [-0.05, 0) is 25.0 Å². The molecule has 0 aromatic carbocycles. The van der Waals surface area contributed by atoms with Crippen LogP contribution in [0.1, 0.15) is 44.5 Å². The van der Waals surface area contributed by atoms with Gasteiger partial charge in [0, 0.05) is 33.0 Å². The minimum absolute atomic E-state index is 0.305. The first-order chi connectivity index (χ1) is 11.1. The minimum Gasteiger partial charge on any atom is -0.338 e. The maximum Gasteiger partial charge on any atom is 0.277 e. The fourth-order valence-corrected chi connectivity index (χ4v) is 4.45. The highest BCUT2D eigenvalue weighted by atomic mass is 32.2. The second kappa shape index (κ2) is 7.21. The highest BCUT2D eigenvalue weighted by Crippen LogP contribution is 2.21. The molecule has 1 N–H and O–H groups in total. The number of likely N-dealkylation sites (tertiary alicyclic amines) is 2. The zero-order chi connectivity index (χ0) is 16.4. The summed E-state index contributed by atoms with van der Waals surface area (Å²) in [4.78, 5) is 16.1. The number of amides is 1. The molecule has 0 bridgehead atoms. The summed E-state index contributed by atoms with van der Waals surface area (Å²) in [5.41, 5.74) is 0. The lowest BCUT2D eigenvalue weighted by atomic mass is 10.0. The first kappa shape index (κ1) is 16.8. The molecule has 1 aromatic heterocycles. The molecule has 0 spiro atoms. The molecule has 7 heteroatoms. The van der Waals surface area contributed by atoms with Crippen LogP contribution in [0.15, 0.2) is 5.16 Å². The quantitative estimate of drug-likeness (QED) is 0.813. The third-order valence-electron chi connectivity index (χ3n) is 5.23. The van der Waals surface area contributed by atoms with Gasteiger partial charge in [0.1, 0.15) is 6.04 Å². The van der Waals surface area contributed by atoms with Crippen molar-refractivity contribution >= 4 is 17.7 Å². The van der Waals surface area contributed by atoms with Crippen LogP contribution >= 0.6 is 11.8 Å². The number of carbonyl (C=O) groups excluding carboxylic acids is 1. The number of rotatable bonds is 4. The van der Waals surface area contributed by atoms with Crippen LogP contribution in [-0.4, -0.2) is 58.0 Å². The van der Waals surface area contributed by atoms with E-state index < -0.39 is 0 Å². The first-order valence-corrected chi connectivity index (χ1v) is 9.88. The van der Waals surface area contributed by atoms with Crippen molar-refractivity contribution in [2.75, 3.05) is 32.4 Å². The predicted molar refractivity (Wildman–Crippen MR) is 90.4 cm³/mol. The minimum atomic E-state index is 0.305. The van der Waals surface area contributed by atoms with Crippen LogP contribution < -0.4 is 4.90 Å². The molecule has 0 saturated carbocycles. The van der Waals surface area contributed by atoms with Gasteiger partial charge in [0.2, 0.25) is 0 Å². The van der Waals surface area contributed by atoms with E-state index in [0.29, 0.717) is 24.4 Å². The molecule has 128 valence electrons. The van der Waals surface area contributed by atoms with Crippen LogP contribution in [-0.2, 0) is 11.8 Å². The van der Waals surface area contributed by atoms with E-state index in [9.17, 15) is 4.79 Å². The van der Waals surface area contributed by atoms with Crippen LogP contribution in [0.25, 0.3) is 0 Å². The Hall–Kier alpha value is -1.08. The Morgan fingerprint density at radius 3 is 2.87 bits per heavy atom. The van der Waals surface area contributed by atoms with Crippen LogP contribution in [0, 0.1) is 5.92 Å². The van der Waals surface area contributed by atoms with E-state index in [4.69, 9.17) is 0 Å². The summed E-state index contributed by atoms with van der Waals surface area (Å²) in [5, 5.41) is 9.60. The monoisotopic (exact) mass is 338 g/mol. The largest absolute Gasteiger partial charge is 0.338 e. The number of nitrogens with one attached hydrogen (secondary N) is 1. The molecular weight excluding hydrogens is 310 g/mol. The summed E-state index contributed by atoms with van der Waals surface area (Å²) in [5.74, 6) is 1.98. The summed E-state index contributed by atoms with van der Waals surface area (Å²) in [6, 6.07) is 0.305. The molecule has 2 aliphatic heterocycles. The zero-order valence-electron chi connectivity index (χ0n) is 14.4. The highest BCUT2D eigenvalue weighted by Gasteiger charge is 2.36. The van der Waals surface area contributed by atoms with Gasteiger partial charge in [-0.25, -0.2) is 0 Å². The SMILES string of the molecule is CSc1nnc([C@H]2CCC[NH+]2CC(=O)N2CCC[C@H](C)C2)n1C. The first-order valence-electron chi connectivity index (χ1n) is 8.65. The van der Waals surface area contributed by atoms with Crippen molar-refractivity contribution in [3.05, 3.63) is 5.82 Å². The van der Waals surface area contributed by atoms with Crippen molar-refractivity contribution in [2.24, 2.45) is 13.0 Å². The smallest absolute Gasteiger partial charge is 0.277 e. The maximum atomic E-state index is 12.7. The van der Waals surface area contributed by atoms with E-state index in [2.05, 4.69) is 26.6 Å². The molecule has 2 fully saturated rings. The summed E-state index contributed by atoms with van der Waals surface area (Å²) >= 11 is 1.62. The molecular formula is C16H28N5OS+. The van der Waals surface area contributed by atoms with Crippen molar-refractivity contribution < 1.29 is 9.69 Å². The number of carbonyl (C=O) groups is 1. The number of hydrogen-bond donors (Lipinski definition) is 1. The molecule has 0 radical (unpaired) electrons. The Kier molecular flexibility index (Phi) is 5.26. The standard InChI is InChI=1S/C16H27N5OS/c1-12-6-4-9-21(10-12)14(22)11-20-8-5-7-13(20)15-17-18-16(23-3)19(15)2/h12-13H,4-11H2,1-3H3/p+1/t12-,13+/m0/s1. The second-order valence-electron chi connectivity index (χ2n) is 6.97. The van der Waals surface area contributed by atoms with Gasteiger partial charge in [0.15, 0.2) is 17.5 Å². The molecule has 3 rings (SSSR count). The van der Waals surface area contributed by atoms with Crippen molar-refractivity contribution in [1.82, 2.24) is 19.7 Å². The van der Waals surface area contributed by atoms with Gasteiger partial charge in [-0.15, -0.1) is 10.2 Å². The molecule has 2 aliphatic rings. The number of nitrogens with zero attached hydrogens (tertiary/aromatic N) is 4. The molecule has 3 heterocycles. The molecule has 23 heavy (non-hydrogen) atoms. The van der Waals surface area contributed by atoms with Gasteiger partial charge >= 0.3 is 0 Å². The maximum absolute atomic E-state index is 12.7. The Morgan fingerprint density at radius 2 is 2.17 bits per heavy atom. The lowest BCUT2D eigenvalue weighted by molar-refractivity contribution is -0.911. The molecule has 1 aromatic rings. The van der Waals surface area contributed by atoms with Crippen LogP contribution in [0.4, 0.5) is 0 Å². The summed E-state index contributed by atoms with van der Waals surface area (Å²) < 4.78 is 2.09. The van der Waals surface area contributed by atoms with Gasteiger partial charge in [-0.2, -0.15) is 0 Å².